The van der Waals surface area contributed by atoms with Crippen LogP contribution in [0, 0.1) is 0 Å². The van der Waals surface area contributed by atoms with Crippen LogP contribution in [0.25, 0.3) is 10.2 Å². The van der Waals surface area contributed by atoms with E-state index >= 15 is 0 Å². The van der Waals surface area contributed by atoms with Crippen molar-refractivity contribution >= 4 is 50.8 Å². The van der Waals surface area contributed by atoms with Gasteiger partial charge in [-0.05, 0) is 30.3 Å². The molecule has 2 aromatic heterocycles. The highest BCUT2D eigenvalue weighted by atomic mass is 35.5. The van der Waals surface area contributed by atoms with E-state index in [9.17, 15) is 9.59 Å². The van der Waals surface area contributed by atoms with E-state index in [2.05, 4.69) is 15.5 Å². The number of anilines is 1. The molecule has 3 aromatic rings. The number of rotatable bonds is 3. The molecule has 1 aliphatic rings. The first kappa shape index (κ1) is 17.0. The van der Waals surface area contributed by atoms with Crippen molar-refractivity contribution in [3.05, 3.63) is 45.8 Å². The molecule has 4 rings (SSSR count). The fraction of sp³-hybridized carbons (Fsp3) is 0.235. The lowest BCUT2D eigenvalue weighted by Gasteiger charge is -2.26. The third-order valence-corrected chi connectivity index (χ3v) is 5.37. The summed E-state index contributed by atoms with van der Waals surface area (Å²) in [6.07, 6.45) is 0. The Morgan fingerprint density at radius 2 is 1.96 bits per heavy atom. The molecule has 0 radical (unpaired) electrons. The van der Waals surface area contributed by atoms with Gasteiger partial charge in [-0.1, -0.05) is 11.6 Å². The number of ether oxygens (including phenoxy) is 1. The fourth-order valence-corrected chi connectivity index (χ4v) is 3.81. The molecule has 0 unspecified atom stereocenters. The van der Waals surface area contributed by atoms with E-state index < -0.39 is 0 Å². The fourth-order valence-electron chi connectivity index (χ4n) is 2.72. The van der Waals surface area contributed by atoms with Gasteiger partial charge in [0.1, 0.15) is 10.6 Å². The zero-order valence-electron chi connectivity index (χ0n) is 13.6. The van der Waals surface area contributed by atoms with Crippen LogP contribution in [0.15, 0.2) is 30.3 Å². The first-order chi connectivity index (χ1) is 12.6. The number of carbonyl (C=O) groups excluding carboxylic acids is 2. The number of nitrogens with one attached hydrogen (secondary N) is 2. The molecule has 0 atom stereocenters. The number of halogens is 1. The summed E-state index contributed by atoms with van der Waals surface area (Å²) in [6, 6.07) is 8.36. The van der Waals surface area contributed by atoms with E-state index in [-0.39, 0.29) is 11.8 Å². The van der Waals surface area contributed by atoms with Crippen molar-refractivity contribution in [3.8, 4) is 0 Å². The first-order valence-corrected chi connectivity index (χ1v) is 9.23. The van der Waals surface area contributed by atoms with Crippen LogP contribution < -0.4 is 5.32 Å². The van der Waals surface area contributed by atoms with Crippen LogP contribution in [0.4, 0.5) is 5.82 Å². The van der Waals surface area contributed by atoms with Gasteiger partial charge in [-0.25, -0.2) is 0 Å². The van der Waals surface area contributed by atoms with Crippen LogP contribution in [0.5, 0.6) is 0 Å². The van der Waals surface area contributed by atoms with Crippen molar-refractivity contribution in [2.24, 2.45) is 0 Å². The number of aromatic amines is 1. The van der Waals surface area contributed by atoms with Gasteiger partial charge >= 0.3 is 0 Å². The SMILES string of the molecule is O=C(Nc1[nH]nc2sc(C(=O)N3CCOCC3)cc12)c1ccc(Cl)cc1. The maximum atomic E-state index is 12.6. The molecular weight excluding hydrogens is 376 g/mol. The third kappa shape index (κ3) is 3.31. The normalized spacial score (nSPS) is 14.6. The summed E-state index contributed by atoms with van der Waals surface area (Å²) in [4.78, 5) is 28.0. The smallest absolute Gasteiger partial charge is 0.264 e. The van der Waals surface area contributed by atoms with E-state index in [0.29, 0.717) is 57.8 Å². The molecule has 1 fully saturated rings. The number of thiophene rings is 1. The number of hydrogen-bond acceptors (Lipinski definition) is 5. The minimum atomic E-state index is -0.278. The van der Waals surface area contributed by atoms with Crippen LogP contribution in [-0.4, -0.2) is 53.2 Å². The van der Waals surface area contributed by atoms with Gasteiger partial charge in [0.15, 0.2) is 0 Å². The van der Waals surface area contributed by atoms with Crippen molar-refractivity contribution < 1.29 is 14.3 Å². The second-order valence-electron chi connectivity index (χ2n) is 5.79. The molecule has 3 heterocycles. The monoisotopic (exact) mass is 390 g/mol. The molecule has 0 bridgehead atoms. The van der Waals surface area contributed by atoms with Crippen molar-refractivity contribution in [1.29, 1.82) is 0 Å². The van der Waals surface area contributed by atoms with Gasteiger partial charge in [-0.3, -0.25) is 14.7 Å². The number of aromatic nitrogens is 2. The minimum Gasteiger partial charge on any atom is -0.378 e. The van der Waals surface area contributed by atoms with Crippen LogP contribution in [0.2, 0.25) is 5.02 Å². The zero-order chi connectivity index (χ0) is 18.1. The molecule has 0 saturated carbocycles. The molecule has 134 valence electrons. The lowest BCUT2D eigenvalue weighted by atomic mass is 10.2. The van der Waals surface area contributed by atoms with E-state index in [0.717, 1.165) is 0 Å². The summed E-state index contributed by atoms with van der Waals surface area (Å²) in [7, 11) is 0. The number of amides is 2. The molecule has 1 aliphatic heterocycles. The maximum absolute atomic E-state index is 12.6. The highest BCUT2D eigenvalue weighted by molar-refractivity contribution is 7.20. The first-order valence-electron chi connectivity index (χ1n) is 8.03. The van der Waals surface area contributed by atoms with Gasteiger partial charge in [0, 0.05) is 23.7 Å². The standard InChI is InChI=1S/C17H15ClN4O3S/c18-11-3-1-10(2-4-11)15(23)19-14-12-9-13(26-16(12)21-20-14)17(24)22-5-7-25-8-6-22/h1-4,9H,5-8H2,(H2,19,20,21,23). The van der Waals surface area contributed by atoms with Gasteiger partial charge in [-0.15, -0.1) is 11.3 Å². The molecule has 2 amide bonds. The number of hydrogen-bond donors (Lipinski definition) is 2. The maximum Gasteiger partial charge on any atom is 0.264 e. The van der Waals surface area contributed by atoms with Crippen LogP contribution in [0.1, 0.15) is 20.0 Å². The van der Waals surface area contributed by atoms with E-state index in [1.54, 1.807) is 35.2 Å². The zero-order valence-corrected chi connectivity index (χ0v) is 15.2. The highest BCUT2D eigenvalue weighted by Crippen LogP contribution is 2.30. The van der Waals surface area contributed by atoms with Gasteiger partial charge < -0.3 is 15.0 Å². The Morgan fingerprint density at radius 3 is 2.69 bits per heavy atom. The largest absolute Gasteiger partial charge is 0.378 e. The van der Waals surface area contributed by atoms with Crippen LogP contribution in [0.3, 0.4) is 0 Å². The molecule has 1 aromatic carbocycles. The molecule has 1 saturated heterocycles. The number of fused-ring (bicyclic) bond motifs is 1. The molecule has 0 aliphatic carbocycles. The van der Waals surface area contributed by atoms with Gasteiger partial charge in [0.2, 0.25) is 0 Å². The average molecular weight is 391 g/mol. The second kappa shape index (κ2) is 7.06. The quantitative estimate of drug-likeness (QED) is 0.719. The summed E-state index contributed by atoms with van der Waals surface area (Å²) in [5.74, 6) is 0.156. The number of H-pyrrole nitrogens is 1. The van der Waals surface area contributed by atoms with Crippen molar-refractivity contribution in [2.75, 3.05) is 31.6 Å². The molecule has 9 heteroatoms. The minimum absolute atomic E-state index is 0.0359. The Bertz CT molecular complexity index is 960. The van der Waals surface area contributed by atoms with Crippen molar-refractivity contribution in [2.45, 2.75) is 0 Å². The predicted octanol–water partition coefficient (Wildman–Crippen LogP) is 3.00. The predicted molar refractivity (Wildman–Crippen MR) is 100 cm³/mol. The lowest BCUT2D eigenvalue weighted by Crippen LogP contribution is -2.40. The second-order valence-corrected chi connectivity index (χ2v) is 7.26. The Hall–Kier alpha value is -2.42. The number of carbonyl (C=O) groups is 2. The van der Waals surface area contributed by atoms with E-state index in [1.807, 2.05) is 0 Å². The van der Waals surface area contributed by atoms with Crippen LogP contribution in [-0.2, 0) is 4.74 Å². The molecular formula is C17H15ClN4O3S. The average Bonchev–Trinajstić information content (AvgIpc) is 3.24. The van der Waals surface area contributed by atoms with E-state index in [1.165, 1.54) is 11.3 Å². The molecule has 26 heavy (non-hydrogen) atoms. The number of morpholine rings is 1. The van der Waals surface area contributed by atoms with Gasteiger partial charge in [0.05, 0.1) is 23.5 Å². The van der Waals surface area contributed by atoms with Crippen molar-refractivity contribution in [1.82, 2.24) is 15.1 Å². The Balaban J connectivity index is 1.55. The summed E-state index contributed by atoms with van der Waals surface area (Å²) in [5.41, 5.74) is 0.483. The Morgan fingerprint density at radius 1 is 1.23 bits per heavy atom. The molecule has 0 spiro atoms. The van der Waals surface area contributed by atoms with E-state index in [4.69, 9.17) is 16.3 Å². The molecule has 2 N–H and O–H groups in total. The van der Waals surface area contributed by atoms with Gasteiger partial charge in [-0.2, -0.15) is 5.10 Å². The topological polar surface area (TPSA) is 87.3 Å². The Labute approximate surface area is 157 Å². The third-order valence-electron chi connectivity index (χ3n) is 4.11. The molecule has 7 nitrogen and oxygen atoms in total. The lowest BCUT2D eigenvalue weighted by molar-refractivity contribution is 0.0306. The number of benzene rings is 1. The van der Waals surface area contributed by atoms with Crippen molar-refractivity contribution in [3.63, 3.8) is 0 Å². The number of nitrogens with zero attached hydrogens (tertiary/aromatic N) is 2. The van der Waals surface area contributed by atoms with Crippen LogP contribution >= 0.6 is 22.9 Å². The summed E-state index contributed by atoms with van der Waals surface area (Å²) in [6.45, 7) is 2.27. The highest BCUT2D eigenvalue weighted by Gasteiger charge is 2.22. The summed E-state index contributed by atoms with van der Waals surface area (Å²) >= 11 is 7.15. The Kier molecular flexibility index (Phi) is 4.62. The summed E-state index contributed by atoms with van der Waals surface area (Å²) in [5, 5.41) is 11.1. The summed E-state index contributed by atoms with van der Waals surface area (Å²) < 4.78 is 5.28. The van der Waals surface area contributed by atoms with Gasteiger partial charge in [0.25, 0.3) is 11.8 Å².